The fourth-order valence-corrected chi connectivity index (χ4v) is 14.7. The Morgan fingerprint density at radius 3 is 1.62 bits per heavy atom. The molecule has 0 aromatic heterocycles. The van der Waals surface area contributed by atoms with Gasteiger partial charge in [-0.05, 0) is 53.4 Å². The largest absolute Gasteiger partial charge is 0.0867 e. The summed E-state index contributed by atoms with van der Waals surface area (Å²) >= 11 is 0. The molecule has 0 N–H and O–H groups in total. The summed E-state index contributed by atoms with van der Waals surface area (Å²) in [6, 6.07) is 23.4. The van der Waals surface area contributed by atoms with Crippen molar-refractivity contribution >= 4 is 26.5 Å². The third-order valence-electron chi connectivity index (χ3n) is 8.94. The van der Waals surface area contributed by atoms with Crippen molar-refractivity contribution < 1.29 is 0 Å². The summed E-state index contributed by atoms with van der Waals surface area (Å²) in [4.78, 5) is 0. The van der Waals surface area contributed by atoms with Gasteiger partial charge in [-0.25, -0.2) is 0 Å². The lowest BCUT2D eigenvalue weighted by Gasteiger charge is -2.40. The summed E-state index contributed by atoms with van der Waals surface area (Å²) < 4.78 is 0. The lowest BCUT2D eigenvalue weighted by molar-refractivity contribution is 0.487. The molecule has 2 aliphatic carbocycles. The van der Waals surface area contributed by atoms with Crippen LogP contribution in [0.4, 0.5) is 0 Å². The van der Waals surface area contributed by atoms with Crippen molar-refractivity contribution in [1.82, 2.24) is 0 Å². The minimum atomic E-state index is -1.45. The minimum Gasteiger partial charge on any atom is -0.0683 e. The van der Waals surface area contributed by atoms with Crippen LogP contribution in [0, 0.1) is 0 Å². The van der Waals surface area contributed by atoms with Gasteiger partial charge in [-0.1, -0.05) is 139 Å². The average Bonchev–Trinajstić information content (AvgIpc) is 2.88. The zero-order valence-corrected chi connectivity index (χ0v) is 22.8. The molecule has 32 heavy (non-hydrogen) atoms. The van der Waals surface area contributed by atoms with Crippen LogP contribution in [0.2, 0.25) is 18.1 Å². The zero-order valence-electron chi connectivity index (χ0n) is 20.9. The van der Waals surface area contributed by atoms with E-state index < -0.39 is 8.07 Å². The number of rotatable bonds is 8. The van der Waals surface area contributed by atoms with Crippen molar-refractivity contribution in [1.29, 1.82) is 0 Å². The van der Waals surface area contributed by atoms with Crippen LogP contribution in [-0.2, 0) is 0 Å². The van der Waals surface area contributed by atoms with E-state index in [0.717, 1.165) is 11.3 Å². The number of benzene rings is 2. The van der Waals surface area contributed by atoms with Gasteiger partial charge in [0.2, 0.25) is 0 Å². The van der Waals surface area contributed by atoms with Gasteiger partial charge in [-0.15, -0.1) is 0 Å². The Labute approximate surface area is 200 Å². The van der Waals surface area contributed by atoms with Crippen LogP contribution in [0.25, 0.3) is 11.1 Å². The van der Waals surface area contributed by atoms with Gasteiger partial charge >= 0.3 is 0 Å². The lowest BCUT2D eigenvalue weighted by atomic mass is 9.99. The molecule has 0 spiro atoms. The first-order valence-corrected chi connectivity index (χ1v) is 17.8. The normalized spacial score (nSPS) is 18.9. The molecule has 2 heteroatoms. The van der Waals surface area contributed by atoms with E-state index in [9.17, 15) is 0 Å². The first-order valence-electron chi connectivity index (χ1n) is 13.7. The van der Waals surface area contributed by atoms with Crippen molar-refractivity contribution in [3.63, 3.8) is 0 Å². The van der Waals surface area contributed by atoms with Crippen LogP contribution in [0.15, 0.2) is 48.5 Å². The average molecular weight is 465 g/mol. The van der Waals surface area contributed by atoms with Gasteiger partial charge in [-0.2, -0.15) is 0 Å². The molecule has 0 amide bonds. The quantitative estimate of drug-likeness (QED) is 0.270. The maximum atomic E-state index is 2.56. The van der Waals surface area contributed by atoms with E-state index in [1.807, 2.05) is 0 Å². The molecule has 0 unspecified atom stereocenters. The van der Waals surface area contributed by atoms with Crippen molar-refractivity contribution in [2.45, 2.75) is 114 Å². The molecule has 0 saturated heterocycles. The molecule has 0 nitrogen and oxygen atoms in total. The van der Waals surface area contributed by atoms with Gasteiger partial charge in [0.15, 0.2) is 0 Å². The van der Waals surface area contributed by atoms with Gasteiger partial charge in [0.25, 0.3) is 0 Å². The van der Waals surface area contributed by atoms with Crippen LogP contribution in [0.1, 0.15) is 85.0 Å². The first kappa shape index (κ1) is 24.2. The van der Waals surface area contributed by atoms with Crippen LogP contribution in [-0.4, -0.2) is 19.4 Å². The monoisotopic (exact) mass is 464 g/mol. The van der Waals surface area contributed by atoms with E-state index in [2.05, 4.69) is 69.3 Å². The summed E-state index contributed by atoms with van der Waals surface area (Å²) in [5.74, 6) is 0. The van der Waals surface area contributed by atoms with Crippen molar-refractivity contribution in [3.05, 3.63) is 48.5 Å². The molecule has 2 saturated carbocycles. The highest BCUT2D eigenvalue weighted by Gasteiger charge is 2.36. The fourth-order valence-electron chi connectivity index (χ4n) is 6.84. The molecule has 2 aliphatic rings. The second-order valence-electron chi connectivity index (χ2n) is 10.4. The summed E-state index contributed by atoms with van der Waals surface area (Å²) in [7, 11) is -1.53. The molecule has 2 aromatic carbocycles. The molecule has 0 radical (unpaired) electrons. The third-order valence-corrected chi connectivity index (χ3v) is 18.1. The highest BCUT2D eigenvalue weighted by molar-refractivity contribution is 7.67. The second kappa shape index (κ2) is 11.5. The zero-order chi connectivity index (χ0) is 22.4. The van der Waals surface area contributed by atoms with Gasteiger partial charge in [0.05, 0.1) is 8.07 Å². The summed E-state index contributed by atoms with van der Waals surface area (Å²) in [5.41, 5.74) is 5.12. The molecule has 0 atom stereocenters. The Balaban J connectivity index is 1.83. The summed E-state index contributed by atoms with van der Waals surface area (Å²) in [6.07, 6.45) is 14.7. The Morgan fingerprint density at radius 1 is 0.625 bits per heavy atom. The Morgan fingerprint density at radius 2 is 1.09 bits per heavy atom. The van der Waals surface area contributed by atoms with Crippen molar-refractivity contribution in [2.75, 3.05) is 0 Å². The Hall–Kier alpha value is -0.913. The lowest BCUT2D eigenvalue weighted by Crippen LogP contribution is -2.47. The Kier molecular flexibility index (Phi) is 8.69. The molecule has 2 aromatic rings. The van der Waals surface area contributed by atoms with Gasteiger partial charge in [0.1, 0.15) is 0 Å². The number of hydrogen-bond donors (Lipinski definition) is 0. The molecule has 174 valence electrons. The van der Waals surface area contributed by atoms with Crippen molar-refractivity contribution in [3.8, 4) is 11.1 Å². The van der Waals surface area contributed by atoms with Gasteiger partial charge in [0, 0.05) is 0 Å². The van der Waals surface area contributed by atoms with E-state index in [0.29, 0.717) is 0 Å². The van der Waals surface area contributed by atoms with Gasteiger partial charge < -0.3 is 0 Å². The van der Waals surface area contributed by atoms with E-state index in [1.54, 1.807) is 21.6 Å². The topological polar surface area (TPSA) is 0 Å². The predicted molar refractivity (Wildman–Crippen MR) is 149 cm³/mol. The smallest absolute Gasteiger partial charge is 0.0683 e. The van der Waals surface area contributed by atoms with E-state index in [1.165, 1.54) is 82.3 Å². The minimum absolute atomic E-state index is 0.0821. The molecular formula is C30H45PSi. The SMILES string of the molecule is CC[Si](CC)(CC)c1ccccc1-c1ccccc1P(C1CCCCC1)C1CCCCC1. The van der Waals surface area contributed by atoms with E-state index in [-0.39, 0.29) is 7.92 Å². The third kappa shape index (κ3) is 4.95. The molecular weight excluding hydrogens is 419 g/mol. The highest BCUT2D eigenvalue weighted by atomic mass is 31.1. The maximum Gasteiger partial charge on any atom is 0.0867 e. The van der Waals surface area contributed by atoms with E-state index in [4.69, 9.17) is 0 Å². The van der Waals surface area contributed by atoms with Crippen LogP contribution >= 0.6 is 7.92 Å². The predicted octanol–water partition coefficient (Wildman–Crippen LogP) is 8.84. The molecule has 0 aliphatic heterocycles. The number of hydrogen-bond acceptors (Lipinski definition) is 0. The summed E-state index contributed by atoms with van der Waals surface area (Å²) in [6.45, 7) is 7.37. The van der Waals surface area contributed by atoms with E-state index >= 15 is 0 Å². The van der Waals surface area contributed by atoms with Gasteiger partial charge in [-0.3, -0.25) is 0 Å². The molecule has 4 rings (SSSR count). The first-order chi connectivity index (χ1) is 15.7. The molecule has 0 bridgehead atoms. The van der Waals surface area contributed by atoms with Crippen LogP contribution in [0.5, 0.6) is 0 Å². The summed E-state index contributed by atoms with van der Waals surface area (Å²) in [5, 5.41) is 3.50. The van der Waals surface area contributed by atoms with Crippen LogP contribution in [0.3, 0.4) is 0 Å². The molecule has 2 fully saturated rings. The Bertz CT molecular complexity index is 817. The highest BCUT2D eigenvalue weighted by Crippen LogP contribution is 2.56. The molecule has 0 heterocycles. The maximum absolute atomic E-state index is 2.56. The fraction of sp³-hybridized carbons (Fsp3) is 0.600. The second-order valence-corrected chi connectivity index (χ2v) is 18.4. The van der Waals surface area contributed by atoms with Crippen molar-refractivity contribution in [2.24, 2.45) is 0 Å². The van der Waals surface area contributed by atoms with Crippen LogP contribution < -0.4 is 10.5 Å². The standard InChI is InChI=1S/C30H45PSi/c1-4-32(5-2,6-3)30-24-16-14-22-28(30)27-21-13-15-23-29(27)31(25-17-9-7-10-18-25)26-19-11-8-12-20-26/h13-16,21-26H,4-12,17-20H2,1-3H3.